The standard InChI is InChI=1S/C14H20N2/c1-11-8-15-9-14(11)16-7-6-12-4-2-3-5-13(12)10-16/h2-5,11,14-15H,6-10H2,1H3. The zero-order valence-electron chi connectivity index (χ0n) is 9.95. The largest absolute Gasteiger partial charge is 0.315 e. The van der Waals surface area contributed by atoms with Crippen LogP contribution in [-0.2, 0) is 13.0 Å². The molecule has 2 aliphatic heterocycles. The third-order valence-electron chi connectivity index (χ3n) is 4.11. The maximum atomic E-state index is 3.50. The Morgan fingerprint density at radius 1 is 1.19 bits per heavy atom. The lowest BCUT2D eigenvalue weighted by Crippen LogP contribution is -2.43. The number of rotatable bonds is 1. The Morgan fingerprint density at radius 2 is 2.00 bits per heavy atom. The molecule has 0 amide bonds. The smallest absolute Gasteiger partial charge is 0.0261 e. The molecule has 3 rings (SSSR count). The molecule has 0 bridgehead atoms. The third-order valence-corrected chi connectivity index (χ3v) is 4.11. The predicted octanol–water partition coefficient (Wildman–Crippen LogP) is 1.65. The first-order valence-corrected chi connectivity index (χ1v) is 6.36. The van der Waals surface area contributed by atoms with Crippen molar-refractivity contribution in [1.29, 1.82) is 0 Å². The van der Waals surface area contributed by atoms with Crippen LogP contribution in [0.25, 0.3) is 0 Å². The van der Waals surface area contributed by atoms with E-state index < -0.39 is 0 Å². The second kappa shape index (κ2) is 4.19. The maximum absolute atomic E-state index is 3.50. The molecular formula is C14H20N2. The maximum Gasteiger partial charge on any atom is 0.0261 e. The zero-order chi connectivity index (χ0) is 11.0. The Kier molecular flexibility index (Phi) is 2.70. The molecule has 2 unspecified atom stereocenters. The molecule has 1 fully saturated rings. The highest BCUT2D eigenvalue weighted by molar-refractivity contribution is 5.29. The van der Waals surface area contributed by atoms with Gasteiger partial charge in [-0.05, 0) is 30.0 Å². The SMILES string of the molecule is CC1CNCC1N1CCc2ccccc2C1. The summed E-state index contributed by atoms with van der Waals surface area (Å²) in [6.45, 7) is 7.10. The highest BCUT2D eigenvalue weighted by atomic mass is 15.2. The fraction of sp³-hybridized carbons (Fsp3) is 0.571. The molecule has 0 spiro atoms. The summed E-state index contributed by atoms with van der Waals surface area (Å²) < 4.78 is 0. The summed E-state index contributed by atoms with van der Waals surface area (Å²) in [5, 5.41) is 3.50. The van der Waals surface area contributed by atoms with Gasteiger partial charge < -0.3 is 5.32 Å². The zero-order valence-corrected chi connectivity index (χ0v) is 9.95. The molecule has 2 nitrogen and oxygen atoms in total. The van der Waals surface area contributed by atoms with Gasteiger partial charge in [-0.1, -0.05) is 31.2 Å². The van der Waals surface area contributed by atoms with Crippen LogP contribution >= 0.6 is 0 Å². The summed E-state index contributed by atoms with van der Waals surface area (Å²) in [5.41, 5.74) is 3.09. The minimum atomic E-state index is 0.744. The summed E-state index contributed by atoms with van der Waals surface area (Å²) in [5.74, 6) is 0.797. The van der Waals surface area contributed by atoms with E-state index in [1.165, 1.54) is 31.6 Å². The van der Waals surface area contributed by atoms with Crippen LogP contribution in [0.15, 0.2) is 24.3 Å². The molecule has 2 heteroatoms. The van der Waals surface area contributed by atoms with Crippen molar-refractivity contribution in [2.45, 2.75) is 25.9 Å². The minimum Gasteiger partial charge on any atom is -0.315 e. The molecular weight excluding hydrogens is 196 g/mol. The summed E-state index contributed by atoms with van der Waals surface area (Å²) in [6.07, 6.45) is 1.22. The van der Waals surface area contributed by atoms with Crippen LogP contribution in [0.2, 0.25) is 0 Å². The lowest BCUT2D eigenvalue weighted by molar-refractivity contribution is 0.161. The summed E-state index contributed by atoms with van der Waals surface area (Å²) in [6, 6.07) is 9.64. The lowest BCUT2D eigenvalue weighted by Gasteiger charge is -2.35. The Morgan fingerprint density at radius 3 is 2.75 bits per heavy atom. The van der Waals surface area contributed by atoms with E-state index in [0.29, 0.717) is 0 Å². The fourth-order valence-electron chi connectivity index (χ4n) is 3.09. The Balaban J connectivity index is 1.77. The van der Waals surface area contributed by atoms with Gasteiger partial charge in [-0.3, -0.25) is 4.90 Å². The second-order valence-corrected chi connectivity index (χ2v) is 5.19. The summed E-state index contributed by atoms with van der Waals surface area (Å²) in [7, 11) is 0. The van der Waals surface area contributed by atoms with Gasteiger partial charge in [0, 0.05) is 25.7 Å². The molecule has 1 aromatic carbocycles. The van der Waals surface area contributed by atoms with E-state index in [0.717, 1.165) is 18.5 Å². The molecule has 1 N–H and O–H groups in total. The Labute approximate surface area is 97.6 Å². The van der Waals surface area contributed by atoms with E-state index in [1.807, 2.05) is 0 Å². The Bertz CT molecular complexity index is 375. The van der Waals surface area contributed by atoms with E-state index in [1.54, 1.807) is 5.56 Å². The molecule has 86 valence electrons. The molecule has 2 atom stereocenters. The molecule has 0 aliphatic carbocycles. The highest BCUT2D eigenvalue weighted by Gasteiger charge is 2.30. The van der Waals surface area contributed by atoms with Gasteiger partial charge in [0.15, 0.2) is 0 Å². The van der Waals surface area contributed by atoms with Crippen LogP contribution in [0.4, 0.5) is 0 Å². The quantitative estimate of drug-likeness (QED) is 0.768. The predicted molar refractivity (Wildman–Crippen MR) is 66.4 cm³/mol. The average molecular weight is 216 g/mol. The van der Waals surface area contributed by atoms with Gasteiger partial charge >= 0.3 is 0 Å². The number of fused-ring (bicyclic) bond motifs is 1. The van der Waals surface area contributed by atoms with Crippen molar-refractivity contribution >= 4 is 0 Å². The van der Waals surface area contributed by atoms with E-state index in [-0.39, 0.29) is 0 Å². The molecule has 0 saturated carbocycles. The minimum absolute atomic E-state index is 0.744. The monoisotopic (exact) mass is 216 g/mol. The van der Waals surface area contributed by atoms with Crippen LogP contribution in [0.5, 0.6) is 0 Å². The fourth-order valence-corrected chi connectivity index (χ4v) is 3.09. The molecule has 0 radical (unpaired) electrons. The molecule has 1 aromatic rings. The first kappa shape index (κ1) is 10.3. The van der Waals surface area contributed by atoms with Gasteiger partial charge in [0.1, 0.15) is 0 Å². The number of nitrogens with zero attached hydrogens (tertiary/aromatic N) is 1. The average Bonchev–Trinajstić information content (AvgIpc) is 2.75. The van der Waals surface area contributed by atoms with Gasteiger partial charge in [0.2, 0.25) is 0 Å². The summed E-state index contributed by atoms with van der Waals surface area (Å²) >= 11 is 0. The van der Waals surface area contributed by atoms with Gasteiger partial charge in [-0.15, -0.1) is 0 Å². The normalized spacial score (nSPS) is 30.3. The molecule has 0 aromatic heterocycles. The van der Waals surface area contributed by atoms with Crippen molar-refractivity contribution < 1.29 is 0 Å². The van der Waals surface area contributed by atoms with Crippen molar-refractivity contribution in [2.24, 2.45) is 5.92 Å². The number of hydrogen-bond acceptors (Lipinski definition) is 2. The van der Waals surface area contributed by atoms with Crippen molar-refractivity contribution in [3.05, 3.63) is 35.4 Å². The number of hydrogen-bond donors (Lipinski definition) is 1. The number of nitrogens with one attached hydrogen (secondary N) is 1. The highest BCUT2D eigenvalue weighted by Crippen LogP contribution is 2.24. The molecule has 2 aliphatic rings. The van der Waals surface area contributed by atoms with Crippen LogP contribution in [0, 0.1) is 5.92 Å². The lowest BCUT2D eigenvalue weighted by atomic mass is 9.96. The Hall–Kier alpha value is -0.860. The van der Waals surface area contributed by atoms with Crippen molar-refractivity contribution in [3.8, 4) is 0 Å². The number of benzene rings is 1. The van der Waals surface area contributed by atoms with E-state index in [4.69, 9.17) is 0 Å². The molecule has 16 heavy (non-hydrogen) atoms. The first-order valence-electron chi connectivity index (χ1n) is 6.36. The van der Waals surface area contributed by atoms with Crippen LogP contribution < -0.4 is 5.32 Å². The van der Waals surface area contributed by atoms with Crippen LogP contribution in [0.3, 0.4) is 0 Å². The van der Waals surface area contributed by atoms with Crippen molar-refractivity contribution in [1.82, 2.24) is 10.2 Å². The van der Waals surface area contributed by atoms with Crippen LogP contribution in [-0.4, -0.2) is 30.6 Å². The summed E-state index contributed by atoms with van der Waals surface area (Å²) in [4.78, 5) is 2.66. The van der Waals surface area contributed by atoms with Gasteiger partial charge in [-0.2, -0.15) is 0 Å². The van der Waals surface area contributed by atoms with E-state index in [2.05, 4.69) is 41.4 Å². The molecule has 1 saturated heterocycles. The van der Waals surface area contributed by atoms with Gasteiger partial charge in [0.05, 0.1) is 0 Å². The third kappa shape index (κ3) is 1.76. The second-order valence-electron chi connectivity index (χ2n) is 5.19. The van der Waals surface area contributed by atoms with Crippen LogP contribution in [0.1, 0.15) is 18.1 Å². The topological polar surface area (TPSA) is 15.3 Å². The van der Waals surface area contributed by atoms with E-state index >= 15 is 0 Å². The van der Waals surface area contributed by atoms with E-state index in [9.17, 15) is 0 Å². The van der Waals surface area contributed by atoms with Crippen molar-refractivity contribution in [2.75, 3.05) is 19.6 Å². The van der Waals surface area contributed by atoms with Gasteiger partial charge in [-0.25, -0.2) is 0 Å². The molecule has 2 heterocycles. The van der Waals surface area contributed by atoms with Crippen molar-refractivity contribution in [3.63, 3.8) is 0 Å². The first-order chi connectivity index (χ1) is 7.84. The van der Waals surface area contributed by atoms with Gasteiger partial charge in [0.25, 0.3) is 0 Å².